The van der Waals surface area contributed by atoms with Gasteiger partial charge in [0.25, 0.3) is 0 Å². The molecule has 2 rings (SSSR count). The fourth-order valence-corrected chi connectivity index (χ4v) is 2.35. The van der Waals surface area contributed by atoms with E-state index in [9.17, 15) is 0 Å². The lowest BCUT2D eigenvalue weighted by Crippen LogP contribution is -2.06. The number of halogens is 1. The summed E-state index contributed by atoms with van der Waals surface area (Å²) in [6, 6.07) is 9.73. The summed E-state index contributed by atoms with van der Waals surface area (Å²) < 4.78 is 8.72. The first kappa shape index (κ1) is 14.6. The minimum Gasteiger partial charge on any atom is -0.487 e. The molecule has 0 radical (unpaired) electrons. The van der Waals surface area contributed by atoms with Gasteiger partial charge in [-0.15, -0.1) is 0 Å². The van der Waals surface area contributed by atoms with Crippen molar-refractivity contribution in [3.63, 3.8) is 0 Å². The number of ether oxygens (including phenoxy) is 1. The van der Waals surface area contributed by atoms with Crippen LogP contribution in [-0.2, 0) is 19.6 Å². The van der Waals surface area contributed by atoms with Gasteiger partial charge in [-0.1, -0.05) is 12.1 Å². The Labute approximate surface area is 127 Å². The summed E-state index contributed by atoms with van der Waals surface area (Å²) in [5, 5.41) is 13.1. The van der Waals surface area contributed by atoms with Gasteiger partial charge in [-0.25, -0.2) is 0 Å². The highest BCUT2D eigenvalue weighted by Gasteiger charge is 2.12. The average molecular weight is 334 g/mol. The minimum absolute atomic E-state index is 0.424. The summed E-state index contributed by atoms with van der Waals surface area (Å²) in [4.78, 5) is 0. The van der Waals surface area contributed by atoms with Gasteiger partial charge in [0.1, 0.15) is 12.4 Å². The van der Waals surface area contributed by atoms with Crippen LogP contribution in [0.15, 0.2) is 28.7 Å². The maximum absolute atomic E-state index is 8.64. The summed E-state index contributed by atoms with van der Waals surface area (Å²) >= 11 is 3.55. The smallest absolute Gasteiger partial charge is 0.131 e. The molecule has 2 aromatic rings. The average Bonchev–Trinajstić information content (AvgIpc) is 2.74. The number of nitriles is 1. The molecule has 20 heavy (non-hydrogen) atoms. The number of hydrogen-bond acceptors (Lipinski definition) is 3. The molecule has 104 valence electrons. The zero-order chi connectivity index (χ0) is 14.5. The molecule has 0 bridgehead atoms. The van der Waals surface area contributed by atoms with Crippen molar-refractivity contribution in [2.45, 2.75) is 33.4 Å². The van der Waals surface area contributed by atoms with Gasteiger partial charge in [-0.05, 0) is 47.5 Å². The fourth-order valence-electron chi connectivity index (χ4n) is 1.95. The highest BCUT2D eigenvalue weighted by molar-refractivity contribution is 9.10. The van der Waals surface area contributed by atoms with Crippen molar-refractivity contribution < 1.29 is 4.74 Å². The third kappa shape index (κ3) is 3.20. The summed E-state index contributed by atoms with van der Waals surface area (Å²) in [6.45, 7) is 5.30. The largest absolute Gasteiger partial charge is 0.487 e. The van der Waals surface area contributed by atoms with Gasteiger partial charge in [0, 0.05) is 6.54 Å². The van der Waals surface area contributed by atoms with E-state index in [1.807, 2.05) is 35.9 Å². The highest BCUT2D eigenvalue weighted by atomic mass is 79.9. The zero-order valence-electron chi connectivity index (χ0n) is 11.6. The molecule has 0 saturated carbocycles. The standard InChI is InChI=1S/C15H16BrN3O/c1-3-19-14(15(16)11(2)18-19)10-20-13-6-4-12(5-7-13)8-9-17/h4-7H,3,8,10H2,1-2H3. The summed E-state index contributed by atoms with van der Waals surface area (Å²) in [5.41, 5.74) is 3.00. The normalized spacial score (nSPS) is 10.3. The maximum Gasteiger partial charge on any atom is 0.131 e. The molecule has 1 aromatic carbocycles. The second kappa shape index (κ2) is 6.58. The molecule has 0 amide bonds. The number of hydrogen-bond donors (Lipinski definition) is 0. The van der Waals surface area contributed by atoms with Crippen molar-refractivity contribution in [2.75, 3.05) is 0 Å². The van der Waals surface area contributed by atoms with E-state index in [1.54, 1.807) is 0 Å². The Hall–Kier alpha value is -1.80. The molecule has 0 atom stereocenters. The number of aryl methyl sites for hydroxylation is 2. The van der Waals surface area contributed by atoms with Crippen LogP contribution in [0.3, 0.4) is 0 Å². The Bertz CT molecular complexity index is 626. The van der Waals surface area contributed by atoms with Crippen LogP contribution in [0.2, 0.25) is 0 Å². The topological polar surface area (TPSA) is 50.8 Å². The Kier molecular flexibility index (Phi) is 4.80. The lowest BCUT2D eigenvalue weighted by atomic mass is 10.2. The van der Waals surface area contributed by atoms with E-state index in [0.29, 0.717) is 13.0 Å². The third-order valence-electron chi connectivity index (χ3n) is 3.03. The van der Waals surface area contributed by atoms with Crippen LogP contribution in [0.4, 0.5) is 0 Å². The predicted molar refractivity (Wildman–Crippen MR) is 80.4 cm³/mol. The van der Waals surface area contributed by atoms with Gasteiger partial charge < -0.3 is 4.74 Å². The lowest BCUT2D eigenvalue weighted by Gasteiger charge is -2.08. The highest BCUT2D eigenvalue weighted by Crippen LogP contribution is 2.23. The summed E-state index contributed by atoms with van der Waals surface area (Å²) in [5.74, 6) is 0.792. The number of benzene rings is 1. The van der Waals surface area contributed by atoms with Crippen LogP contribution >= 0.6 is 15.9 Å². The molecule has 0 N–H and O–H groups in total. The van der Waals surface area contributed by atoms with Crippen molar-refractivity contribution >= 4 is 15.9 Å². The molecule has 0 spiro atoms. The van der Waals surface area contributed by atoms with Crippen molar-refractivity contribution in [1.29, 1.82) is 5.26 Å². The van der Waals surface area contributed by atoms with Crippen molar-refractivity contribution in [1.82, 2.24) is 9.78 Å². The van der Waals surface area contributed by atoms with Crippen LogP contribution in [-0.4, -0.2) is 9.78 Å². The van der Waals surface area contributed by atoms with Gasteiger partial charge in [-0.3, -0.25) is 4.68 Å². The van der Waals surface area contributed by atoms with E-state index in [0.717, 1.165) is 33.7 Å². The molecule has 0 unspecified atom stereocenters. The fraction of sp³-hybridized carbons (Fsp3) is 0.333. The third-order valence-corrected chi connectivity index (χ3v) is 4.07. The number of rotatable bonds is 5. The van der Waals surface area contributed by atoms with Gasteiger partial charge in [0.05, 0.1) is 28.4 Å². The molecule has 1 heterocycles. The quantitative estimate of drug-likeness (QED) is 0.839. The van der Waals surface area contributed by atoms with Crippen LogP contribution in [0, 0.1) is 18.3 Å². The van der Waals surface area contributed by atoms with Gasteiger partial charge in [0.2, 0.25) is 0 Å². The number of aromatic nitrogens is 2. The first-order chi connectivity index (χ1) is 9.65. The molecular weight excluding hydrogens is 318 g/mol. The van der Waals surface area contributed by atoms with Gasteiger partial charge >= 0.3 is 0 Å². The predicted octanol–water partition coefficient (Wildman–Crippen LogP) is 3.62. The molecule has 0 aliphatic heterocycles. The van der Waals surface area contributed by atoms with Crippen LogP contribution in [0.25, 0.3) is 0 Å². The van der Waals surface area contributed by atoms with Crippen molar-refractivity contribution in [2.24, 2.45) is 0 Å². The Morgan fingerprint density at radius 3 is 2.65 bits per heavy atom. The van der Waals surface area contributed by atoms with E-state index in [4.69, 9.17) is 10.00 Å². The van der Waals surface area contributed by atoms with E-state index in [2.05, 4.69) is 34.0 Å². The molecule has 0 saturated heterocycles. The monoisotopic (exact) mass is 333 g/mol. The summed E-state index contributed by atoms with van der Waals surface area (Å²) in [6.07, 6.45) is 0.424. The molecule has 4 nitrogen and oxygen atoms in total. The van der Waals surface area contributed by atoms with Crippen LogP contribution < -0.4 is 4.74 Å². The van der Waals surface area contributed by atoms with Crippen molar-refractivity contribution in [3.8, 4) is 11.8 Å². The lowest BCUT2D eigenvalue weighted by molar-refractivity contribution is 0.291. The Morgan fingerprint density at radius 1 is 1.35 bits per heavy atom. The van der Waals surface area contributed by atoms with E-state index in [-0.39, 0.29) is 0 Å². The molecular formula is C15H16BrN3O. The molecule has 1 aromatic heterocycles. The molecule has 0 aliphatic rings. The van der Waals surface area contributed by atoms with Gasteiger partial charge in [-0.2, -0.15) is 10.4 Å². The van der Waals surface area contributed by atoms with Crippen molar-refractivity contribution in [3.05, 3.63) is 45.7 Å². The maximum atomic E-state index is 8.64. The minimum atomic E-state index is 0.424. The Balaban J connectivity index is 2.07. The zero-order valence-corrected chi connectivity index (χ0v) is 13.1. The first-order valence-corrected chi connectivity index (χ1v) is 7.25. The van der Waals surface area contributed by atoms with E-state index >= 15 is 0 Å². The first-order valence-electron chi connectivity index (χ1n) is 6.46. The second-order valence-corrected chi connectivity index (χ2v) is 5.22. The molecule has 0 aliphatic carbocycles. The van der Waals surface area contributed by atoms with Gasteiger partial charge in [0.15, 0.2) is 0 Å². The number of nitrogens with zero attached hydrogens (tertiary/aromatic N) is 3. The molecule has 5 heteroatoms. The SMILES string of the molecule is CCn1nc(C)c(Br)c1COc1ccc(CC#N)cc1. The Morgan fingerprint density at radius 2 is 2.05 bits per heavy atom. The van der Waals surface area contributed by atoms with Crippen LogP contribution in [0.5, 0.6) is 5.75 Å². The molecule has 0 fully saturated rings. The van der Waals surface area contributed by atoms with E-state index < -0.39 is 0 Å². The summed E-state index contributed by atoms with van der Waals surface area (Å²) in [7, 11) is 0. The van der Waals surface area contributed by atoms with E-state index in [1.165, 1.54) is 0 Å². The van der Waals surface area contributed by atoms with Crippen LogP contribution in [0.1, 0.15) is 23.9 Å². The second-order valence-electron chi connectivity index (χ2n) is 4.43.